The monoisotopic (exact) mass is 173 g/mol. The molecule has 0 fully saturated rings. The summed E-state index contributed by atoms with van der Waals surface area (Å²) in [5, 5.41) is 18.5. The van der Waals surface area contributed by atoms with E-state index in [1.165, 1.54) is 0 Å². The Balaban J connectivity index is 2.83. The van der Waals surface area contributed by atoms with Gasteiger partial charge in [-0.15, -0.1) is 0 Å². The van der Waals surface area contributed by atoms with Crippen LogP contribution in [0.25, 0.3) is 11.0 Å². The van der Waals surface area contributed by atoms with Gasteiger partial charge in [0.2, 0.25) is 5.76 Å². The summed E-state index contributed by atoms with van der Waals surface area (Å²) in [6.07, 6.45) is 0. The molecule has 2 rings (SSSR count). The SMILES string of the molecule is N#Cc1oc2ccccc2c1CO. The molecule has 3 nitrogen and oxygen atoms in total. The van der Waals surface area contributed by atoms with Gasteiger partial charge in [0, 0.05) is 10.9 Å². The van der Waals surface area contributed by atoms with Crippen molar-refractivity contribution in [2.24, 2.45) is 0 Å². The van der Waals surface area contributed by atoms with Gasteiger partial charge >= 0.3 is 0 Å². The normalized spacial score (nSPS) is 10.2. The molecule has 64 valence electrons. The van der Waals surface area contributed by atoms with E-state index in [0.717, 1.165) is 5.39 Å². The first-order chi connectivity index (χ1) is 6.36. The highest BCUT2D eigenvalue weighted by Crippen LogP contribution is 2.24. The predicted molar refractivity (Wildman–Crippen MR) is 46.9 cm³/mol. The number of benzene rings is 1. The van der Waals surface area contributed by atoms with Gasteiger partial charge in [-0.1, -0.05) is 18.2 Å². The molecule has 3 heteroatoms. The Morgan fingerprint density at radius 3 is 2.85 bits per heavy atom. The highest BCUT2D eigenvalue weighted by atomic mass is 16.3. The number of furan rings is 1. The average Bonchev–Trinajstić information content (AvgIpc) is 2.55. The largest absolute Gasteiger partial charge is 0.445 e. The zero-order valence-corrected chi connectivity index (χ0v) is 6.82. The average molecular weight is 173 g/mol. The summed E-state index contributed by atoms with van der Waals surface area (Å²) < 4.78 is 5.22. The number of nitrogens with zero attached hydrogens (tertiary/aromatic N) is 1. The van der Waals surface area contributed by atoms with Crippen LogP contribution in [0.5, 0.6) is 0 Å². The molecule has 0 atom stereocenters. The van der Waals surface area contributed by atoms with E-state index in [2.05, 4.69) is 0 Å². The van der Waals surface area contributed by atoms with Crippen molar-refractivity contribution in [3.8, 4) is 6.07 Å². The zero-order chi connectivity index (χ0) is 9.26. The van der Waals surface area contributed by atoms with Gasteiger partial charge in [0.1, 0.15) is 11.7 Å². The van der Waals surface area contributed by atoms with E-state index in [1.54, 1.807) is 6.07 Å². The molecule has 0 radical (unpaired) electrons. The first-order valence-corrected chi connectivity index (χ1v) is 3.88. The van der Waals surface area contributed by atoms with Crippen molar-refractivity contribution in [3.63, 3.8) is 0 Å². The Bertz CT molecular complexity index is 479. The van der Waals surface area contributed by atoms with Crippen LogP contribution in [0.1, 0.15) is 11.3 Å². The summed E-state index contributed by atoms with van der Waals surface area (Å²) in [4.78, 5) is 0. The standard InChI is InChI=1S/C10H7NO2/c11-5-10-8(6-12)7-3-1-2-4-9(7)13-10/h1-4,12H,6H2. The molecule has 1 aromatic heterocycles. The van der Waals surface area contributed by atoms with Crippen molar-refractivity contribution in [3.05, 3.63) is 35.6 Å². The van der Waals surface area contributed by atoms with Gasteiger partial charge in [0.15, 0.2) is 0 Å². The molecule has 13 heavy (non-hydrogen) atoms. The fraction of sp³-hybridized carbons (Fsp3) is 0.100. The van der Waals surface area contributed by atoms with E-state index in [1.807, 2.05) is 24.3 Å². The first-order valence-electron chi connectivity index (χ1n) is 3.88. The molecule has 0 unspecified atom stereocenters. The fourth-order valence-electron chi connectivity index (χ4n) is 1.35. The number of fused-ring (bicyclic) bond motifs is 1. The third-order valence-corrected chi connectivity index (χ3v) is 1.96. The van der Waals surface area contributed by atoms with Gasteiger partial charge in [-0.25, -0.2) is 0 Å². The molecular formula is C10H7NO2. The third-order valence-electron chi connectivity index (χ3n) is 1.96. The van der Waals surface area contributed by atoms with Crippen LogP contribution in [-0.4, -0.2) is 5.11 Å². The molecule has 0 aliphatic carbocycles. The van der Waals surface area contributed by atoms with Crippen LogP contribution < -0.4 is 0 Å². The molecule has 0 aliphatic heterocycles. The zero-order valence-electron chi connectivity index (χ0n) is 6.82. The summed E-state index contributed by atoms with van der Waals surface area (Å²) >= 11 is 0. The van der Waals surface area contributed by atoms with Crippen LogP contribution in [0, 0.1) is 11.3 Å². The maximum absolute atomic E-state index is 9.03. The second-order valence-corrected chi connectivity index (χ2v) is 2.68. The van der Waals surface area contributed by atoms with Gasteiger partial charge in [0.25, 0.3) is 0 Å². The minimum Gasteiger partial charge on any atom is -0.445 e. The van der Waals surface area contributed by atoms with E-state index >= 15 is 0 Å². The van der Waals surface area contributed by atoms with Crippen molar-refractivity contribution in [2.75, 3.05) is 0 Å². The molecule has 0 aliphatic rings. The Hall–Kier alpha value is -1.79. The highest BCUT2D eigenvalue weighted by molar-refractivity contribution is 5.82. The number of aliphatic hydroxyl groups is 1. The third kappa shape index (κ3) is 1.08. The van der Waals surface area contributed by atoms with Gasteiger partial charge in [-0.05, 0) is 6.07 Å². The lowest BCUT2D eigenvalue weighted by atomic mass is 10.1. The lowest BCUT2D eigenvalue weighted by Gasteiger charge is -1.89. The minimum absolute atomic E-state index is 0.167. The number of nitriles is 1. The predicted octanol–water partition coefficient (Wildman–Crippen LogP) is 1.80. The molecule has 1 heterocycles. The molecule has 0 spiro atoms. The molecule has 0 saturated carbocycles. The number of aliphatic hydroxyl groups excluding tert-OH is 1. The van der Waals surface area contributed by atoms with E-state index < -0.39 is 0 Å². The summed E-state index contributed by atoms with van der Waals surface area (Å²) in [6, 6.07) is 9.18. The van der Waals surface area contributed by atoms with Crippen LogP contribution in [0.4, 0.5) is 0 Å². The molecular weight excluding hydrogens is 166 g/mol. The molecule has 0 amide bonds. The minimum atomic E-state index is -0.167. The molecule has 1 N–H and O–H groups in total. The van der Waals surface area contributed by atoms with Gasteiger partial charge in [0.05, 0.1) is 6.61 Å². The first kappa shape index (κ1) is 7.84. The quantitative estimate of drug-likeness (QED) is 0.715. The molecule has 0 bridgehead atoms. The summed E-state index contributed by atoms with van der Waals surface area (Å²) in [7, 11) is 0. The number of hydrogen-bond acceptors (Lipinski definition) is 3. The Labute approximate surface area is 74.8 Å². The number of para-hydroxylation sites is 1. The maximum atomic E-state index is 9.03. The Kier molecular flexibility index (Phi) is 1.76. The smallest absolute Gasteiger partial charge is 0.210 e. The van der Waals surface area contributed by atoms with Crippen molar-refractivity contribution < 1.29 is 9.52 Å². The van der Waals surface area contributed by atoms with Gasteiger partial charge in [-0.3, -0.25) is 0 Å². The lowest BCUT2D eigenvalue weighted by Crippen LogP contribution is -1.83. The van der Waals surface area contributed by atoms with Crippen molar-refractivity contribution >= 4 is 11.0 Å². The molecule has 2 aromatic rings. The van der Waals surface area contributed by atoms with Crippen LogP contribution in [-0.2, 0) is 6.61 Å². The van der Waals surface area contributed by atoms with Crippen LogP contribution >= 0.6 is 0 Å². The van der Waals surface area contributed by atoms with Crippen molar-refractivity contribution in [1.29, 1.82) is 5.26 Å². The summed E-state index contributed by atoms with van der Waals surface area (Å²) in [5.41, 5.74) is 1.21. The van der Waals surface area contributed by atoms with Crippen LogP contribution in [0.2, 0.25) is 0 Å². The molecule has 1 aromatic carbocycles. The van der Waals surface area contributed by atoms with E-state index in [0.29, 0.717) is 11.1 Å². The van der Waals surface area contributed by atoms with E-state index in [9.17, 15) is 0 Å². The Morgan fingerprint density at radius 2 is 2.15 bits per heavy atom. The summed E-state index contributed by atoms with van der Waals surface area (Å²) in [5.74, 6) is 0.198. The summed E-state index contributed by atoms with van der Waals surface area (Å²) in [6.45, 7) is -0.167. The second kappa shape index (κ2) is 2.92. The van der Waals surface area contributed by atoms with Crippen molar-refractivity contribution in [2.45, 2.75) is 6.61 Å². The van der Waals surface area contributed by atoms with Gasteiger partial charge in [-0.2, -0.15) is 5.26 Å². The van der Waals surface area contributed by atoms with Gasteiger partial charge < -0.3 is 9.52 Å². The Morgan fingerprint density at radius 1 is 1.38 bits per heavy atom. The topological polar surface area (TPSA) is 57.2 Å². The number of hydrogen-bond donors (Lipinski definition) is 1. The molecule has 0 saturated heterocycles. The van der Waals surface area contributed by atoms with Crippen molar-refractivity contribution in [1.82, 2.24) is 0 Å². The fourth-order valence-corrected chi connectivity index (χ4v) is 1.35. The van der Waals surface area contributed by atoms with E-state index in [-0.39, 0.29) is 12.4 Å². The van der Waals surface area contributed by atoms with Crippen LogP contribution in [0.3, 0.4) is 0 Å². The van der Waals surface area contributed by atoms with Crippen LogP contribution in [0.15, 0.2) is 28.7 Å². The number of rotatable bonds is 1. The second-order valence-electron chi connectivity index (χ2n) is 2.68. The lowest BCUT2D eigenvalue weighted by molar-refractivity contribution is 0.281. The van der Waals surface area contributed by atoms with E-state index in [4.69, 9.17) is 14.8 Å². The highest BCUT2D eigenvalue weighted by Gasteiger charge is 2.11. The maximum Gasteiger partial charge on any atom is 0.210 e.